The molecule has 0 saturated heterocycles. The number of halogens is 1. The van der Waals surface area contributed by atoms with E-state index in [0.717, 1.165) is 11.7 Å². The number of hydrogen-bond acceptors (Lipinski definition) is 0. The van der Waals surface area contributed by atoms with Crippen molar-refractivity contribution in [2.75, 3.05) is 6.16 Å². The molecule has 1 aliphatic rings. The highest BCUT2D eigenvalue weighted by Crippen LogP contribution is 2.55. The Kier molecular flexibility index (Phi) is 9.35. The SMILES string of the molecule is CC(C#CC1=C(C)CCCC1(C)C)=CC[P+](c1ccccc1)(c1ccccc1)c1ccccc1.[Br-]. The molecule has 0 N–H and O–H groups in total. The highest BCUT2D eigenvalue weighted by atomic mass is 79.9. The third kappa shape index (κ3) is 6.06. The van der Waals surface area contributed by atoms with Crippen molar-refractivity contribution in [1.29, 1.82) is 0 Å². The Bertz CT molecular complexity index is 1130. The summed E-state index contributed by atoms with van der Waals surface area (Å²) in [6.07, 6.45) is 7.03. The number of benzene rings is 3. The van der Waals surface area contributed by atoms with E-state index in [1.165, 1.54) is 46.3 Å². The molecular weight excluding hydrogens is 507 g/mol. The van der Waals surface area contributed by atoms with Gasteiger partial charge < -0.3 is 17.0 Å². The maximum atomic E-state index is 3.59. The Labute approximate surface area is 223 Å². The van der Waals surface area contributed by atoms with E-state index in [-0.39, 0.29) is 22.4 Å². The van der Waals surface area contributed by atoms with Gasteiger partial charge in [0.1, 0.15) is 23.2 Å². The second-order valence-electron chi connectivity index (χ2n) is 10.0. The van der Waals surface area contributed by atoms with Gasteiger partial charge in [-0.1, -0.05) is 85.9 Å². The quantitative estimate of drug-likeness (QED) is 0.330. The van der Waals surface area contributed by atoms with Gasteiger partial charge >= 0.3 is 0 Å². The number of hydrogen-bond donors (Lipinski definition) is 0. The van der Waals surface area contributed by atoms with Crippen LogP contribution in [0.2, 0.25) is 0 Å². The van der Waals surface area contributed by atoms with Gasteiger partial charge in [-0.2, -0.15) is 0 Å². The molecule has 3 aromatic carbocycles. The minimum atomic E-state index is -1.86. The smallest absolute Gasteiger partial charge is 0.116 e. The molecule has 0 spiro atoms. The molecule has 0 aromatic heterocycles. The van der Waals surface area contributed by atoms with E-state index < -0.39 is 7.26 Å². The molecule has 0 nitrogen and oxygen atoms in total. The summed E-state index contributed by atoms with van der Waals surface area (Å²) in [4.78, 5) is 0. The fourth-order valence-corrected chi connectivity index (χ4v) is 9.31. The highest BCUT2D eigenvalue weighted by molar-refractivity contribution is 7.95. The maximum absolute atomic E-state index is 3.59. The molecule has 0 unspecified atom stereocenters. The second-order valence-corrected chi connectivity index (χ2v) is 13.6. The lowest BCUT2D eigenvalue weighted by molar-refractivity contribution is -0.00000725. The third-order valence-corrected chi connectivity index (χ3v) is 11.4. The zero-order chi connectivity index (χ0) is 24.0. The predicted molar refractivity (Wildman–Crippen MR) is 152 cm³/mol. The molecule has 3 aromatic rings. The Balaban J connectivity index is 0.00000342. The van der Waals surface area contributed by atoms with Gasteiger partial charge in [0.15, 0.2) is 0 Å². The Hall–Kier alpha value is -2.39. The summed E-state index contributed by atoms with van der Waals surface area (Å²) >= 11 is 0. The van der Waals surface area contributed by atoms with E-state index in [4.69, 9.17) is 0 Å². The minimum Gasteiger partial charge on any atom is -1.00 e. The second kappa shape index (κ2) is 12.0. The van der Waals surface area contributed by atoms with Crippen LogP contribution in [0.1, 0.15) is 47.0 Å². The topological polar surface area (TPSA) is 0 Å². The van der Waals surface area contributed by atoms with Crippen LogP contribution >= 0.6 is 7.26 Å². The molecule has 0 atom stereocenters. The molecule has 0 bridgehead atoms. The number of rotatable bonds is 5. The molecule has 0 heterocycles. The third-order valence-electron chi connectivity index (χ3n) is 7.10. The predicted octanol–water partition coefficient (Wildman–Crippen LogP) is 4.46. The molecule has 1 aliphatic carbocycles. The average molecular weight is 544 g/mol. The first kappa shape index (κ1) is 27.2. The summed E-state index contributed by atoms with van der Waals surface area (Å²) in [6, 6.07) is 33.2. The zero-order valence-corrected chi connectivity index (χ0v) is 23.9. The van der Waals surface area contributed by atoms with Crippen molar-refractivity contribution in [1.82, 2.24) is 0 Å². The average Bonchev–Trinajstić information content (AvgIpc) is 2.86. The summed E-state index contributed by atoms with van der Waals surface area (Å²) in [7, 11) is -1.86. The summed E-state index contributed by atoms with van der Waals surface area (Å²) in [5.74, 6) is 7.13. The standard InChI is InChI=1S/C33H36P.BrH/c1-27(22-23-32-28(2)15-14-25-33(32,3)4)24-26-34(29-16-8-5-9-17-29,30-18-10-6-11-19-30)31-20-12-7-13-21-31;/h5-13,16-21,24H,14-15,25-26H2,1-4H3;1H/q+1;/p-1. The van der Waals surface area contributed by atoms with Gasteiger partial charge in [0.05, 0.1) is 6.16 Å². The van der Waals surface area contributed by atoms with E-state index in [0.29, 0.717) is 0 Å². The van der Waals surface area contributed by atoms with Crippen molar-refractivity contribution in [3.8, 4) is 11.8 Å². The van der Waals surface area contributed by atoms with Crippen LogP contribution in [0.5, 0.6) is 0 Å². The summed E-state index contributed by atoms with van der Waals surface area (Å²) in [6.45, 7) is 9.13. The first-order valence-corrected chi connectivity index (χ1v) is 14.3. The Morgan fingerprint density at radius 2 is 1.29 bits per heavy atom. The monoisotopic (exact) mass is 542 g/mol. The summed E-state index contributed by atoms with van der Waals surface area (Å²) in [5.41, 5.74) is 4.16. The maximum Gasteiger partial charge on any atom is 0.116 e. The molecule has 0 radical (unpaired) electrons. The van der Waals surface area contributed by atoms with Crippen LogP contribution in [0.25, 0.3) is 0 Å². The molecule has 180 valence electrons. The van der Waals surface area contributed by atoms with Crippen LogP contribution in [-0.2, 0) is 0 Å². The van der Waals surface area contributed by atoms with Crippen LogP contribution in [-0.4, -0.2) is 6.16 Å². The van der Waals surface area contributed by atoms with Gasteiger partial charge in [-0.05, 0) is 86.6 Å². The molecule has 0 fully saturated rings. The van der Waals surface area contributed by atoms with Crippen LogP contribution in [0.15, 0.2) is 114 Å². The van der Waals surface area contributed by atoms with Crippen molar-refractivity contribution >= 4 is 23.2 Å². The molecule has 2 heteroatoms. The van der Waals surface area contributed by atoms with Crippen LogP contribution < -0.4 is 32.9 Å². The first-order valence-electron chi connectivity index (χ1n) is 12.4. The van der Waals surface area contributed by atoms with E-state index in [2.05, 4.69) is 137 Å². The minimum absolute atomic E-state index is 0. The molecular formula is C33H36BrP. The van der Waals surface area contributed by atoms with E-state index in [9.17, 15) is 0 Å². The highest BCUT2D eigenvalue weighted by Gasteiger charge is 2.44. The van der Waals surface area contributed by atoms with E-state index in [1.807, 2.05) is 0 Å². The Morgan fingerprint density at radius 3 is 1.71 bits per heavy atom. The van der Waals surface area contributed by atoms with Gasteiger partial charge in [-0.25, -0.2) is 0 Å². The largest absolute Gasteiger partial charge is 1.00 e. The van der Waals surface area contributed by atoms with Gasteiger partial charge in [0.2, 0.25) is 0 Å². The molecule has 0 amide bonds. The van der Waals surface area contributed by atoms with Crippen LogP contribution in [0.4, 0.5) is 0 Å². The molecule has 0 aliphatic heterocycles. The van der Waals surface area contributed by atoms with E-state index >= 15 is 0 Å². The van der Waals surface area contributed by atoms with Crippen molar-refractivity contribution in [2.45, 2.75) is 47.0 Å². The lowest BCUT2D eigenvalue weighted by Crippen LogP contribution is -3.00. The molecule has 4 rings (SSSR count). The van der Waals surface area contributed by atoms with Crippen molar-refractivity contribution in [2.24, 2.45) is 5.41 Å². The normalized spacial score (nSPS) is 15.6. The first-order chi connectivity index (χ1) is 16.4. The molecule has 0 saturated carbocycles. The van der Waals surface area contributed by atoms with E-state index in [1.54, 1.807) is 0 Å². The van der Waals surface area contributed by atoms with Crippen LogP contribution in [0, 0.1) is 17.3 Å². The summed E-state index contributed by atoms with van der Waals surface area (Å²) < 4.78 is 0. The molecule has 35 heavy (non-hydrogen) atoms. The number of allylic oxidation sites excluding steroid dienone is 4. The van der Waals surface area contributed by atoms with Gasteiger partial charge in [-0.3, -0.25) is 0 Å². The fraction of sp³-hybridized carbons (Fsp3) is 0.273. The summed E-state index contributed by atoms with van der Waals surface area (Å²) in [5, 5.41) is 4.24. The zero-order valence-electron chi connectivity index (χ0n) is 21.4. The Morgan fingerprint density at radius 1 is 0.829 bits per heavy atom. The van der Waals surface area contributed by atoms with Gasteiger partial charge in [0, 0.05) is 5.57 Å². The lowest BCUT2D eigenvalue weighted by Gasteiger charge is -2.31. The van der Waals surface area contributed by atoms with Gasteiger partial charge in [0.25, 0.3) is 0 Å². The lowest BCUT2D eigenvalue weighted by atomic mass is 9.73. The van der Waals surface area contributed by atoms with Crippen molar-refractivity contribution in [3.05, 3.63) is 114 Å². The van der Waals surface area contributed by atoms with Gasteiger partial charge in [-0.15, -0.1) is 0 Å². The van der Waals surface area contributed by atoms with Crippen molar-refractivity contribution in [3.63, 3.8) is 0 Å². The fourth-order valence-electron chi connectivity index (χ4n) is 5.20. The van der Waals surface area contributed by atoms with Crippen LogP contribution in [0.3, 0.4) is 0 Å². The van der Waals surface area contributed by atoms with Crippen molar-refractivity contribution < 1.29 is 17.0 Å².